The number of benzene rings is 1. The first-order valence-corrected chi connectivity index (χ1v) is 13.7. The van der Waals surface area contributed by atoms with Gasteiger partial charge in [0.15, 0.2) is 0 Å². The van der Waals surface area contributed by atoms with E-state index in [1.54, 1.807) is 15.9 Å². The predicted molar refractivity (Wildman–Crippen MR) is 149 cm³/mol. The van der Waals surface area contributed by atoms with Crippen LogP contribution in [-0.4, -0.2) is 84.8 Å². The monoisotopic (exact) mass is 544 g/mol. The molecular weight excluding hydrogens is 500 g/mol. The number of nitrogens with one attached hydrogen (secondary N) is 1. The maximum absolute atomic E-state index is 13.9. The van der Waals surface area contributed by atoms with Crippen LogP contribution in [-0.2, 0) is 20.7 Å². The number of ether oxygens (including phenoxy) is 2. The van der Waals surface area contributed by atoms with Gasteiger partial charge in [0, 0.05) is 48.9 Å². The van der Waals surface area contributed by atoms with E-state index in [4.69, 9.17) is 4.74 Å². The molecule has 10 heteroatoms. The number of carbonyl (C=O) groups excluding carboxylic acids is 4. The molecular formula is C29H44N4O6. The summed E-state index contributed by atoms with van der Waals surface area (Å²) in [5.74, 6) is -0.207. The van der Waals surface area contributed by atoms with Crippen molar-refractivity contribution in [3.63, 3.8) is 0 Å². The summed E-state index contributed by atoms with van der Waals surface area (Å²) in [5, 5.41) is 2.63. The topological polar surface area (TPSA) is 108 Å². The van der Waals surface area contributed by atoms with Crippen LogP contribution in [0.1, 0.15) is 77.2 Å². The fourth-order valence-electron chi connectivity index (χ4n) is 5.33. The normalized spacial score (nSPS) is 18.9. The molecule has 4 amide bonds. The van der Waals surface area contributed by atoms with Gasteiger partial charge in [0.25, 0.3) is 5.91 Å². The zero-order valence-corrected chi connectivity index (χ0v) is 24.6. The van der Waals surface area contributed by atoms with Gasteiger partial charge in [-0.05, 0) is 71.6 Å². The zero-order valence-electron chi connectivity index (χ0n) is 24.6. The molecule has 1 atom stereocenters. The summed E-state index contributed by atoms with van der Waals surface area (Å²) < 4.78 is 10.2. The van der Waals surface area contributed by atoms with Crippen molar-refractivity contribution in [1.82, 2.24) is 15.1 Å². The molecule has 0 spiro atoms. The summed E-state index contributed by atoms with van der Waals surface area (Å²) >= 11 is 0. The number of anilines is 1. The Balaban J connectivity index is 1.86. The van der Waals surface area contributed by atoms with Gasteiger partial charge < -0.3 is 29.5 Å². The summed E-state index contributed by atoms with van der Waals surface area (Å²) in [6, 6.07) is 5.27. The van der Waals surface area contributed by atoms with E-state index >= 15 is 0 Å². The first kappa shape index (κ1) is 30.2. The van der Waals surface area contributed by atoms with Crippen LogP contribution in [0.25, 0.3) is 0 Å². The van der Waals surface area contributed by atoms with Crippen molar-refractivity contribution in [1.29, 1.82) is 0 Å². The quantitative estimate of drug-likeness (QED) is 0.575. The lowest BCUT2D eigenvalue weighted by Crippen LogP contribution is -2.54. The molecule has 39 heavy (non-hydrogen) atoms. The molecule has 1 aromatic rings. The van der Waals surface area contributed by atoms with E-state index in [0.29, 0.717) is 30.8 Å². The lowest BCUT2D eigenvalue weighted by molar-refractivity contribution is -0.127. The van der Waals surface area contributed by atoms with Crippen molar-refractivity contribution in [3.05, 3.63) is 29.3 Å². The van der Waals surface area contributed by atoms with Crippen molar-refractivity contribution < 1.29 is 28.7 Å². The molecule has 0 aliphatic carbocycles. The Labute approximate surface area is 232 Å². The molecule has 216 valence electrons. The molecule has 0 unspecified atom stereocenters. The Morgan fingerprint density at radius 3 is 2.51 bits per heavy atom. The van der Waals surface area contributed by atoms with Crippen molar-refractivity contribution in [3.8, 4) is 0 Å². The third kappa shape index (κ3) is 7.22. The fourth-order valence-corrected chi connectivity index (χ4v) is 5.33. The number of alkyl carbamates (subject to hydrolysis) is 1. The van der Waals surface area contributed by atoms with E-state index in [0.717, 1.165) is 18.4 Å². The van der Waals surface area contributed by atoms with E-state index < -0.39 is 17.1 Å². The minimum absolute atomic E-state index is 0.0627. The Morgan fingerprint density at radius 2 is 1.90 bits per heavy atom. The average molecular weight is 545 g/mol. The number of carbonyl (C=O) groups is 4. The molecule has 1 fully saturated rings. The van der Waals surface area contributed by atoms with Gasteiger partial charge in [-0.15, -0.1) is 0 Å². The molecule has 3 rings (SSSR count). The second kappa shape index (κ2) is 11.8. The van der Waals surface area contributed by atoms with Gasteiger partial charge in [0.05, 0.1) is 13.2 Å². The smallest absolute Gasteiger partial charge is 0.410 e. The summed E-state index contributed by atoms with van der Waals surface area (Å²) in [5.41, 5.74) is 0.931. The standard InChI is InChI=1S/C29H44N4O6/c1-19(2)33(22-10-9-14-31(18-22)27(37)39-28(3,4)5)24(34)20-11-12-21-17-29(6,7)25(35)32(23(21)16-20)15-13-30-26(36)38-8/h11-12,16,19,22H,9-10,13-15,17-18H2,1-8H3,(H,30,36)/t22-/m1/s1. The highest BCUT2D eigenvalue weighted by Crippen LogP contribution is 2.38. The molecule has 1 N–H and O–H groups in total. The van der Waals surface area contributed by atoms with E-state index in [9.17, 15) is 19.2 Å². The first-order chi connectivity index (χ1) is 18.1. The molecule has 2 aliphatic rings. The van der Waals surface area contributed by atoms with Gasteiger partial charge in [0.2, 0.25) is 5.91 Å². The zero-order chi connectivity index (χ0) is 29.1. The summed E-state index contributed by atoms with van der Waals surface area (Å²) in [6.45, 7) is 14.7. The molecule has 0 bridgehead atoms. The maximum atomic E-state index is 13.9. The number of rotatable bonds is 6. The number of hydrogen-bond acceptors (Lipinski definition) is 6. The third-order valence-corrected chi connectivity index (χ3v) is 7.10. The van der Waals surface area contributed by atoms with Gasteiger partial charge in [0.1, 0.15) is 5.60 Å². The van der Waals surface area contributed by atoms with Crippen molar-refractivity contribution >= 4 is 29.7 Å². The number of piperidine rings is 1. The van der Waals surface area contributed by atoms with Gasteiger partial charge in [-0.3, -0.25) is 9.59 Å². The molecule has 2 heterocycles. The van der Waals surface area contributed by atoms with Gasteiger partial charge in [-0.1, -0.05) is 19.9 Å². The van der Waals surface area contributed by atoms with Gasteiger partial charge >= 0.3 is 12.2 Å². The van der Waals surface area contributed by atoms with Crippen LogP contribution in [0.5, 0.6) is 0 Å². The van der Waals surface area contributed by atoms with Crippen molar-refractivity contribution in [2.45, 2.75) is 85.4 Å². The van der Waals surface area contributed by atoms with Gasteiger partial charge in [-0.25, -0.2) is 9.59 Å². The average Bonchev–Trinajstić information content (AvgIpc) is 2.84. The first-order valence-electron chi connectivity index (χ1n) is 13.7. The molecule has 1 saturated heterocycles. The van der Waals surface area contributed by atoms with Gasteiger partial charge in [-0.2, -0.15) is 0 Å². The lowest BCUT2D eigenvalue weighted by atomic mass is 9.80. The fraction of sp³-hybridized carbons (Fsp3) is 0.655. The largest absolute Gasteiger partial charge is 0.453 e. The summed E-state index contributed by atoms with van der Waals surface area (Å²) in [4.78, 5) is 56.8. The minimum Gasteiger partial charge on any atom is -0.453 e. The predicted octanol–water partition coefficient (Wildman–Crippen LogP) is 4.21. The number of nitrogens with zero attached hydrogens (tertiary/aromatic N) is 3. The van der Waals surface area contributed by atoms with E-state index in [1.807, 2.05) is 65.5 Å². The maximum Gasteiger partial charge on any atom is 0.410 e. The summed E-state index contributed by atoms with van der Waals surface area (Å²) in [6.07, 6.45) is 1.18. The molecule has 10 nitrogen and oxygen atoms in total. The second-order valence-corrected chi connectivity index (χ2v) is 12.3. The Hall–Kier alpha value is -3.30. The Bertz CT molecular complexity index is 1090. The van der Waals surface area contributed by atoms with E-state index in [2.05, 4.69) is 10.1 Å². The molecule has 0 saturated carbocycles. The third-order valence-electron chi connectivity index (χ3n) is 7.10. The summed E-state index contributed by atoms with van der Waals surface area (Å²) in [7, 11) is 1.29. The molecule has 2 aliphatic heterocycles. The molecule has 1 aromatic carbocycles. The number of methoxy groups -OCH3 is 1. The van der Waals surface area contributed by atoms with E-state index in [1.165, 1.54) is 7.11 Å². The van der Waals surface area contributed by atoms with Crippen LogP contribution >= 0.6 is 0 Å². The second-order valence-electron chi connectivity index (χ2n) is 12.3. The van der Waals surface area contributed by atoms with Crippen molar-refractivity contribution in [2.24, 2.45) is 5.41 Å². The van der Waals surface area contributed by atoms with Crippen LogP contribution in [0.15, 0.2) is 18.2 Å². The number of likely N-dealkylation sites (tertiary alicyclic amines) is 1. The Morgan fingerprint density at radius 1 is 1.21 bits per heavy atom. The Kier molecular flexibility index (Phi) is 9.18. The number of fused-ring (bicyclic) bond motifs is 1. The molecule has 0 aromatic heterocycles. The number of amides is 4. The highest BCUT2D eigenvalue weighted by Gasteiger charge is 2.40. The highest BCUT2D eigenvalue weighted by atomic mass is 16.6. The van der Waals surface area contributed by atoms with E-state index in [-0.39, 0.29) is 43.1 Å². The van der Waals surface area contributed by atoms with Crippen LogP contribution < -0.4 is 10.2 Å². The minimum atomic E-state index is -0.610. The SMILES string of the molecule is COC(=O)NCCN1C(=O)C(C)(C)Cc2ccc(C(=O)N(C(C)C)[C@@H]3CCCN(C(=O)OC(C)(C)C)C3)cc21. The van der Waals surface area contributed by atoms with Crippen LogP contribution in [0.3, 0.4) is 0 Å². The van der Waals surface area contributed by atoms with Crippen molar-refractivity contribution in [2.75, 3.05) is 38.2 Å². The lowest BCUT2D eigenvalue weighted by Gasteiger charge is -2.42. The molecule has 0 radical (unpaired) electrons. The van der Waals surface area contributed by atoms with Crippen LogP contribution in [0, 0.1) is 5.41 Å². The number of hydrogen-bond donors (Lipinski definition) is 1. The van der Waals surface area contributed by atoms with Crippen LogP contribution in [0.4, 0.5) is 15.3 Å². The highest BCUT2D eigenvalue weighted by molar-refractivity contribution is 6.02. The van der Waals surface area contributed by atoms with Crippen LogP contribution in [0.2, 0.25) is 0 Å².